The van der Waals surface area contributed by atoms with E-state index in [-0.39, 0.29) is 41.9 Å². The molecular formula is C8H19IN2O4. The summed E-state index contributed by atoms with van der Waals surface area (Å²) in [4.78, 5) is 21.4. The molecule has 0 fully saturated rings. The number of halogens is 1. The molecule has 1 amide bonds. The molecule has 0 saturated carbocycles. The fraction of sp³-hybridized carbons (Fsp3) is 0.750. The van der Waals surface area contributed by atoms with E-state index in [1.54, 1.807) is 0 Å². The SMILES string of the molecule is CC(C)C[C@H](NC(=O)CN)C(=O)O.I.O. The highest BCUT2D eigenvalue weighted by atomic mass is 127. The standard InChI is InChI=1S/C8H16N2O3.HI.H2O/c1-5(2)3-6(8(12)13)10-7(11)4-9;;/h5-6H,3-4,9H2,1-2H3,(H,10,11)(H,12,13);1H;1H2/t6-;;/m0../s1. The van der Waals surface area contributed by atoms with Crippen LogP contribution in [0.2, 0.25) is 0 Å². The molecule has 0 saturated heterocycles. The lowest BCUT2D eigenvalue weighted by Crippen LogP contribution is -2.44. The number of carboxylic acid groups (broad SMARTS) is 1. The van der Waals surface area contributed by atoms with Gasteiger partial charge in [0.2, 0.25) is 5.91 Å². The molecule has 6 N–H and O–H groups in total. The summed E-state index contributed by atoms with van der Waals surface area (Å²) in [6, 6.07) is -0.823. The Balaban J connectivity index is -0.000000720. The molecule has 0 aliphatic carbocycles. The Morgan fingerprint density at radius 1 is 1.40 bits per heavy atom. The maximum atomic E-state index is 10.8. The van der Waals surface area contributed by atoms with Crippen molar-refractivity contribution >= 4 is 35.9 Å². The maximum absolute atomic E-state index is 10.8. The summed E-state index contributed by atoms with van der Waals surface area (Å²) in [5.41, 5.74) is 5.05. The summed E-state index contributed by atoms with van der Waals surface area (Å²) in [7, 11) is 0. The molecule has 0 bridgehead atoms. The van der Waals surface area contributed by atoms with Gasteiger partial charge in [-0.15, -0.1) is 24.0 Å². The molecule has 6 nitrogen and oxygen atoms in total. The van der Waals surface area contributed by atoms with Crippen LogP contribution < -0.4 is 11.1 Å². The van der Waals surface area contributed by atoms with Crippen molar-refractivity contribution in [1.82, 2.24) is 5.32 Å². The Labute approximate surface area is 106 Å². The number of hydrogen-bond acceptors (Lipinski definition) is 3. The Morgan fingerprint density at radius 2 is 1.87 bits per heavy atom. The lowest BCUT2D eigenvalue weighted by Gasteiger charge is -2.15. The van der Waals surface area contributed by atoms with Crippen molar-refractivity contribution in [3.8, 4) is 0 Å². The molecule has 92 valence electrons. The number of hydrogen-bond donors (Lipinski definition) is 3. The number of nitrogens with one attached hydrogen (secondary N) is 1. The normalized spacial score (nSPS) is 10.9. The molecule has 1 atom stereocenters. The summed E-state index contributed by atoms with van der Waals surface area (Å²) in [6.07, 6.45) is 0.418. The van der Waals surface area contributed by atoms with Crippen molar-refractivity contribution in [2.24, 2.45) is 11.7 Å². The maximum Gasteiger partial charge on any atom is 0.326 e. The number of aliphatic carboxylic acids is 1. The van der Waals surface area contributed by atoms with Gasteiger partial charge in [-0.3, -0.25) is 4.79 Å². The van der Waals surface area contributed by atoms with E-state index >= 15 is 0 Å². The number of rotatable bonds is 5. The van der Waals surface area contributed by atoms with E-state index in [0.717, 1.165) is 0 Å². The van der Waals surface area contributed by atoms with Crippen molar-refractivity contribution in [3.63, 3.8) is 0 Å². The molecule has 15 heavy (non-hydrogen) atoms. The minimum absolute atomic E-state index is 0. The van der Waals surface area contributed by atoms with Crippen molar-refractivity contribution < 1.29 is 20.2 Å². The van der Waals surface area contributed by atoms with Gasteiger partial charge in [0.25, 0.3) is 0 Å². The number of carboxylic acids is 1. The zero-order valence-electron chi connectivity index (χ0n) is 8.82. The lowest BCUT2D eigenvalue weighted by molar-refractivity contribution is -0.142. The largest absolute Gasteiger partial charge is 0.480 e. The summed E-state index contributed by atoms with van der Waals surface area (Å²) in [5.74, 6) is -1.23. The first-order valence-corrected chi connectivity index (χ1v) is 4.19. The predicted molar refractivity (Wildman–Crippen MR) is 67.1 cm³/mol. The molecule has 7 heteroatoms. The molecule has 0 aromatic heterocycles. The number of carbonyl (C=O) groups excluding carboxylic acids is 1. The minimum Gasteiger partial charge on any atom is -0.480 e. The highest BCUT2D eigenvalue weighted by Crippen LogP contribution is 2.04. The van der Waals surface area contributed by atoms with E-state index in [1.165, 1.54) is 0 Å². The quantitative estimate of drug-likeness (QED) is 0.578. The highest BCUT2D eigenvalue weighted by Gasteiger charge is 2.19. The summed E-state index contributed by atoms with van der Waals surface area (Å²) >= 11 is 0. The molecule has 0 aromatic rings. The highest BCUT2D eigenvalue weighted by molar-refractivity contribution is 14.0. The molecular weight excluding hydrogens is 315 g/mol. The Morgan fingerprint density at radius 3 is 2.13 bits per heavy atom. The third kappa shape index (κ3) is 9.88. The van der Waals surface area contributed by atoms with Gasteiger partial charge in [0.1, 0.15) is 6.04 Å². The van der Waals surface area contributed by atoms with Crippen LogP contribution in [0, 0.1) is 5.92 Å². The van der Waals surface area contributed by atoms with E-state index in [2.05, 4.69) is 5.32 Å². The second kappa shape index (κ2) is 10.1. The molecule has 0 rings (SSSR count). The van der Waals surface area contributed by atoms with E-state index in [4.69, 9.17) is 10.8 Å². The Kier molecular flexibility index (Phi) is 13.5. The second-order valence-electron chi connectivity index (χ2n) is 3.29. The molecule has 0 radical (unpaired) electrons. The lowest BCUT2D eigenvalue weighted by atomic mass is 10.0. The van der Waals surface area contributed by atoms with Gasteiger partial charge in [0, 0.05) is 0 Å². The second-order valence-corrected chi connectivity index (χ2v) is 3.29. The van der Waals surface area contributed by atoms with Crippen LogP contribution in [0.5, 0.6) is 0 Å². The molecule has 0 heterocycles. The monoisotopic (exact) mass is 334 g/mol. The number of nitrogens with two attached hydrogens (primary N) is 1. The average Bonchev–Trinajstić information content (AvgIpc) is 2.02. The first-order valence-electron chi connectivity index (χ1n) is 4.19. The summed E-state index contributed by atoms with van der Waals surface area (Å²) in [5, 5.41) is 11.0. The Bertz CT molecular complexity index is 199. The fourth-order valence-corrected chi connectivity index (χ4v) is 0.946. The Hall–Kier alpha value is -0.410. The zero-order chi connectivity index (χ0) is 10.4. The van der Waals surface area contributed by atoms with Gasteiger partial charge in [-0.1, -0.05) is 13.8 Å². The van der Waals surface area contributed by atoms with Gasteiger partial charge in [-0.2, -0.15) is 0 Å². The van der Waals surface area contributed by atoms with Crippen molar-refractivity contribution in [2.75, 3.05) is 6.54 Å². The summed E-state index contributed by atoms with van der Waals surface area (Å²) < 4.78 is 0. The van der Waals surface area contributed by atoms with Crippen LogP contribution in [-0.2, 0) is 9.59 Å². The van der Waals surface area contributed by atoms with E-state index in [9.17, 15) is 9.59 Å². The van der Waals surface area contributed by atoms with Gasteiger partial charge in [0.05, 0.1) is 6.54 Å². The molecule has 0 aliphatic heterocycles. The van der Waals surface area contributed by atoms with E-state index < -0.39 is 17.9 Å². The average molecular weight is 334 g/mol. The third-order valence-corrected chi connectivity index (χ3v) is 1.53. The van der Waals surface area contributed by atoms with Crippen molar-refractivity contribution in [1.29, 1.82) is 0 Å². The van der Waals surface area contributed by atoms with Crippen LogP contribution >= 0.6 is 24.0 Å². The number of carbonyl (C=O) groups is 2. The van der Waals surface area contributed by atoms with Crippen LogP contribution in [0.1, 0.15) is 20.3 Å². The first-order chi connectivity index (χ1) is 5.97. The zero-order valence-corrected chi connectivity index (χ0v) is 11.1. The van der Waals surface area contributed by atoms with Crippen LogP contribution in [-0.4, -0.2) is 35.0 Å². The van der Waals surface area contributed by atoms with E-state index in [0.29, 0.717) is 6.42 Å². The molecule has 0 aromatic carbocycles. The first kappa shape index (κ1) is 20.1. The topological polar surface area (TPSA) is 124 Å². The number of amides is 1. The predicted octanol–water partition coefficient (Wildman–Crippen LogP) is -0.646. The molecule has 0 aliphatic rings. The van der Waals surface area contributed by atoms with Gasteiger partial charge >= 0.3 is 5.97 Å². The molecule has 0 unspecified atom stereocenters. The van der Waals surface area contributed by atoms with Gasteiger partial charge in [0.15, 0.2) is 0 Å². The minimum atomic E-state index is -1.02. The van der Waals surface area contributed by atoms with Crippen LogP contribution in [0.4, 0.5) is 0 Å². The van der Waals surface area contributed by atoms with E-state index in [1.807, 2.05) is 13.8 Å². The van der Waals surface area contributed by atoms with Gasteiger partial charge < -0.3 is 21.6 Å². The van der Waals surface area contributed by atoms with Crippen molar-refractivity contribution in [3.05, 3.63) is 0 Å². The third-order valence-electron chi connectivity index (χ3n) is 1.53. The fourth-order valence-electron chi connectivity index (χ4n) is 0.946. The van der Waals surface area contributed by atoms with Crippen molar-refractivity contribution in [2.45, 2.75) is 26.3 Å². The van der Waals surface area contributed by atoms with Crippen LogP contribution in [0.3, 0.4) is 0 Å². The summed E-state index contributed by atoms with van der Waals surface area (Å²) in [6.45, 7) is 3.61. The van der Waals surface area contributed by atoms with Gasteiger partial charge in [-0.05, 0) is 12.3 Å². The van der Waals surface area contributed by atoms with Crippen LogP contribution in [0.15, 0.2) is 0 Å². The van der Waals surface area contributed by atoms with Crippen LogP contribution in [0.25, 0.3) is 0 Å². The smallest absolute Gasteiger partial charge is 0.326 e. The molecule has 0 spiro atoms. The van der Waals surface area contributed by atoms with Gasteiger partial charge in [-0.25, -0.2) is 4.79 Å².